The highest BCUT2D eigenvalue weighted by molar-refractivity contribution is 5.74. The second-order valence-corrected chi connectivity index (χ2v) is 4.40. The number of nitrogens with zero attached hydrogens (tertiary/aromatic N) is 2. The van der Waals surface area contributed by atoms with Crippen LogP contribution in [0, 0.1) is 0 Å². The van der Waals surface area contributed by atoms with Crippen LogP contribution in [-0.4, -0.2) is 23.1 Å². The van der Waals surface area contributed by atoms with Crippen molar-refractivity contribution in [2.24, 2.45) is 0 Å². The lowest BCUT2D eigenvalue weighted by Gasteiger charge is -2.06. The minimum absolute atomic E-state index is 0.425. The van der Waals surface area contributed by atoms with E-state index in [9.17, 15) is 0 Å². The Bertz CT molecular complexity index is 507. The monoisotopic (exact) mass is 212 g/mol. The highest BCUT2D eigenvalue weighted by atomic mass is 15.1. The topological polar surface area (TPSA) is 69.7 Å². The van der Waals surface area contributed by atoms with Crippen molar-refractivity contribution in [1.29, 1.82) is 0 Å². The largest absolute Gasteiger partial charge is 0.306 e. The number of aromatic nitrogens is 2. The molecule has 0 radical (unpaired) electrons. The second kappa shape index (κ2) is 2.99. The van der Waals surface area contributed by atoms with Crippen molar-refractivity contribution in [2.75, 3.05) is 13.1 Å². The summed E-state index contributed by atoms with van der Waals surface area (Å²) in [5, 5.41) is 6.62. The number of benzene rings is 1. The fraction of sp³-hybridized carbons (Fsp3) is 0.333. The van der Waals surface area contributed by atoms with E-state index in [4.69, 9.17) is 9.97 Å². The van der Waals surface area contributed by atoms with Crippen LogP contribution in [0.2, 0.25) is 0 Å². The Kier molecular flexibility index (Phi) is 1.61. The van der Waals surface area contributed by atoms with E-state index in [1.807, 2.05) is 24.3 Å². The molecule has 0 unspecified atom stereocenters. The van der Waals surface area contributed by atoms with Crippen molar-refractivity contribution < 1.29 is 0 Å². The van der Waals surface area contributed by atoms with Crippen LogP contribution >= 0.6 is 0 Å². The molecule has 0 bridgehead atoms. The number of nitrogens with one attached hydrogen (secondary N) is 2. The first kappa shape index (κ1) is 8.61. The number of hydrogen-bond donors (Lipinski definition) is 2. The van der Waals surface area contributed by atoms with Gasteiger partial charge >= 0.3 is 0 Å². The van der Waals surface area contributed by atoms with Crippen LogP contribution in [0.5, 0.6) is 0 Å². The Morgan fingerprint density at radius 2 is 1.31 bits per heavy atom. The summed E-state index contributed by atoms with van der Waals surface area (Å²) in [5.41, 5.74) is 4.26. The predicted octanol–water partition coefficient (Wildman–Crippen LogP) is 0.918. The van der Waals surface area contributed by atoms with Crippen LogP contribution in [0.25, 0.3) is 11.0 Å². The maximum absolute atomic E-state index is 4.73. The van der Waals surface area contributed by atoms with Crippen molar-refractivity contribution in [3.05, 3.63) is 35.7 Å². The fourth-order valence-electron chi connectivity index (χ4n) is 2.04. The smallest absolute Gasteiger partial charge is 0.0891 e. The lowest BCUT2D eigenvalue weighted by atomic mass is 10.1. The summed E-state index contributed by atoms with van der Waals surface area (Å²) in [6, 6.07) is 8.92. The lowest BCUT2D eigenvalue weighted by molar-refractivity contribution is 0.891. The molecule has 2 N–H and O–H groups in total. The standard InChI is InChI=1S/C12H12N4/c1-2-4-8-7(3-1)15-11(9-5-13-9)12(16-8)10-6-14-10/h1-4,9-10,13-14H,5-6H2/t9-,10-/m1/s1. The van der Waals surface area contributed by atoms with Gasteiger partial charge < -0.3 is 10.6 Å². The van der Waals surface area contributed by atoms with Crippen LogP contribution in [0.1, 0.15) is 23.5 Å². The third-order valence-corrected chi connectivity index (χ3v) is 3.10. The van der Waals surface area contributed by atoms with Gasteiger partial charge in [0, 0.05) is 13.1 Å². The molecule has 2 atom stereocenters. The number of hydrogen-bond acceptors (Lipinski definition) is 4. The molecule has 0 spiro atoms. The van der Waals surface area contributed by atoms with E-state index >= 15 is 0 Å². The first-order valence-electron chi connectivity index (χ1n) is 5.65. The molecule has 1 aromatic heterocycles. The molecular formula is C12H12N4. The highest BCUT2D eigenvalue weighted by Crippen LogP contribution is 2.31. The SMILES string of the molecule is c1ccc2nc([C@H]3CN3)c([C@H]3CN3)nc2c1. The minimum Gasteiger partial charge on any atom is -0.306 e. The van der Waals surface area contributed by atoms with Gasteiger partial charge in [-0.15, -0.1) is 0 Å². The van der Waals surface area contributed by atoms with Crippen molar-refractivity contribution in [3.63, 3.8) is 0 Å². The molecule has 16 heavy (non-hydrogen) atoms. The van der Waals surface area contributed by atoms with Crippen LogP contribution in [0.3, 0.4) is 0 Å². The first-order valence-corrected chi connectivity index (χ1v) is 5.65. The van der Waals surface area contributed by atoms with E-state index in [2.05, 4.69) is 10.6 Å². The van der Waals surface area contributed by atoms with Crippen molar-refractivity contribution in [2.45, 2.75) is 12.1 Å². The normalized spacial score (nSPS) is 27.0. The summed E-state index contributed by atoms with van der Waals surface area (Å²) in [5.74, 6) is 0. The molecule has 2 aromatic rings. The Morgan fingerprint density at radius 1 is 0.875 bits per heavy atom. The van der Waals surface area contributed by atoms with Crippen LogP contribution in [0.15, 0.2) is 24.3 Å². The molecule has 4 rings (SSSR count). The van der Waals surface area contributed by atoms with Crippen LogP contribution in [0.4, 0.5) is 0 Å². The Labute approximate surface area is 93.1 Å². The number of fused-ring (bicyclic) bond motifs is 1. The van der Waals surface area contributed by atoms with Crippen molar-refractivity contribution >= 4 is 11.0 Å². The van der Waals surface area contributed by atoms with Gasteiger partial charge in [0.15, 0.2) is 0 Å². The quantitative estimate of drug-likeness (QED) is 0.726. The van der Waals surface area contributed by atoms with Gasteiger partial charge in [-0.3, -0.25) is 0 Å². The van der Waals surface area contributed by atoms with Crippen molar-refractivity contribution in [3.8, 4) is 0 Å². The van der Waals surface area contributed by atoms with Gasteiger partial charge in [-0.05, 0) is 12.1 Å². The van der Waals surface area contributed by atoms with E-state index in [0.29, 0.717) is 12.1 Å². The molecule has 2 aliphatic rings. The van der Waals surface area contributed by atoms with Gasteiger partial charge in [0.1, 0.15) is 0 Å². The summed E-state index contributed by atoms with van der Waals surface area (Å²) in [7, 11) is 0. The summed E-state index contributed by atoms with van der Waals surface area (Å²) in [4.78, 5) is 9.47. The van der Waals surface area contributed by atoms with Gasteiger partial charge in [-0.25, -0.2) is 9.97 Å². The zero-order valence-electron chi connectivity index (χ0n) is 8.77. The third-order valence-electron chi connectivity index (χ3n) is 3.10. The number of para-hydroxylation sites is 2. The van der Waals surface area contributed by atoms with E-state index in [0.717, 1.165) is 35.5 Å². The van der Waals surface area contributed by atoms with E-state index in [1.54, 1.807) is 0 Å². The lowest BCUT2D eigenvalue weighted by Crippen LogP contribution is -2.03. The maximum Gasteiger partial charge on any atom is 0.0891 e. The molecule has 0 amide bonds. The van der Waals surface area contributed by atoms with Crippen LogP contribution in [-0.2, 0) is 0 Å². The highest BCUT2D eigenvalue weighted by Gasteiger charge is 2.34. The van der Waals surface area contributed by atoms with Gasteiger partial charge in [0.2, 0.25) is 0 Å². The summed E-state index contributed by atoms with van der Waals surface area (Å²) in [6.07, 6.45) is 0. The zero-order chi connectivity index (χ0) is 10.5. The van der Waals surface area contributed by atoms with Gasteiger partial charge in [0.25, 0.3) is 0 Å². The minimum atomic E-state index is 0.425. The summed E-state index contributed by atoms with van der Waals surface area (Å²) >= 11 is 0. The predicted molar refractivity (Wildman–Crippen MR) is 61.0 cm³/mol. The zero-order valence-corrected chi connectivity index (χ0v) is 8.77. The van der Waals surface area contributed by atoms with Gasteiger partial charge in [-0.2, -0.15) is 0 Å². The average molecular weight is 212 g/mol. The van der Waals surface area contributed by atoms with Gasteiger partial charge in [-0.1, -0.05) is 12.1 Å². The molecule has 3 heterocycles. The Morgan fingerprint density at radius 3 is 1.69 bits per heavy atom. The Hall–Kier alpha value is -1.52. The van der Waals surface area contributed by atoms with E-state index in [1.165, 1.54) is 0 Å². The second-order valence-electron chi connectivity index (χ2n) is 4.40. The Balaban J connectivity index is 1.97. The molecule has 80 valence electrons. The van der Waals surface area contributed by atoms with Crippen molar-refractivity contribution in [1.82, 2.24) is 20.6 Å². The molecule has 4 heteroatoms. The maximum atomic E-state index is 4.73. The molecule has 0 saturated carbocycles. The van der Waals surface area contributed by atoms with Crippen LogP contribution < -0.4 is 10.6 Å². The van der Waals surface area contributed by atoms with E-state index in [-0.39, 0.29) is 0 Å². The van der Waals surface area contributed by atoms with E-state index < -0.39 is 0 Å². The fourth-order valence-corrected chi connectivity index (χ4v) is 2.04. The molecule has 2 aliphatic heterocycles. The average Bonchev–Trinajstić information content (AvgIpc) is 3.19. The third kappa shape index (κ3) is 1.31. The summed E-state index contributed by atoms with van der Waals surface area (Å²) < 4.78 is 0. The first-order chi connectivity index (χ1) is 7.92. The molecular weight excluding hydrogens is 200 g/mol. The molecule has 1 aromatic carbocycles. The van der Waals surface area contributed by atoms with Gasteiger partial charge in [0.05, 0.1) is 34.5 Å². The molecule has 2 fully saturated rings. The molecule has 4 nitrogen and oxygen atoms in total. The number of rotatable bonds is 2. The molecule has 2 saturated heterocycles. The summed E-state index contributed by atoms with van der Waals surface area (Å²) in [6.45, 7) is 2.07. The molecule has 0 aliphatic carbocycles.